The number of rotatable bonds is 4. The van der Waals surface area contributed by atoms with Crippen molar-refractivity contribution in [2.75, 3.05) is 37.7 Å². The number of carbonyl (C=O) groups is 1. The average molecular weight is 405 g/mol. The molecule has 8 heteroatoms. The summed E-state index contributed by atoms with van der Waals surface area (Å²) >= 11 is 1.25. The second kappa shape index (κ2) is 7.06. The summed E-state index contributed by atoms with van der Waals surface area (Å²) < 4.78 is 0. The molecule has 0 radical (unpaired) electrons. The highest BCUT2D eigenvalue weighted by molar-refractivity contribution is 7.99. The number of nitrogen functional groups attached to an aromatic ring is 1. The third-order valence-corrected chi connectivity index (χ3v) is 8.44. The number of amides is 1. The van der Waals surface area contributed by atoms with Gasteiger partial charge < -0.3 is 20.5 Å². The highest BCUT2D eigenvalue weighted by Crippen LogP contribution is 2.54. The number of quaternary nitrogens is 1. The first-order valence-corrected chi connectivity index (χ1v) is 11.6. The van der Waals surface area contributed by atoms with Gasteiger partial charge in [0.25, 0.3) is 5.56 Å². The summed E-state index contributed by atoms with van der Waals surface area (Å²) in [6.45, 7) is 3.85. The largest absolute Gasteiger partial charge is 0.383 e. The number of hydrogen-bond acceptors (Lipinski definition) is 5. The van der Waals surface area contributed by atoms with Crippen LogP contribution in [0.1, 0.15) is 38.5 Å². The van der Waals surface area contributed by atoms with Crippen LogP contribution in [-0.4, -0.2) is 58.2 Å². The van der Waals surface area contributed by atoms with Crippen LogP contribution in [0.15, 0.2) is 16.0 Å². The predicted octanol–water partition coefficient (Wildman–Crippen LogP) is 0.140. The maximum absolute atomic E-state index is 12.6. The Morgan fingerprint density at radius 3 is 2.39 bits per heavy atom. The molecular formula is C20H30N5O2S+. The van der Waals surface area contributed by atoms with Crippen LogP contribution in [0.25, 0.3) is 0 Å². The number of piperazine rings is 1. The molecule has 0 unspecified atom stereocenters. The van der Waals surface area contributed by atoms with Crippen LogP contribution in [-0.2, 0) is 4.79 Å². The first kappa shape index (κ1) is 18.5. The van der Waals surface area contributed by atoms with Gasteiger partial charge in [0.15, 0.2) is 5.16 Å². The Kier molecular flexibility index (Phi) is 4.66. The van der Waals surface area contributed by atoms with Crippen LogP contribution in [0.5, 0.6) is 0 Å². The minimum atomic E-state index is -0.282. The van der Waals surface area contributed by atoms with E-state index in [1.165, 1.54) is 56.4 Å². The smallest absolute Gasteiger partial charge is 0.253 e. The Bertz CT molecular complexity index is 782. The standard InChI is InChI=1S/C20H29N5O2S/c21-16-8-17(26)23-19(22-16)28-12-18(27)24-1-3-25(4-2-24)20-9-13-5-14(10-20)7-15(6-13)11-20/h8,13-15H,1-7,9-12H2,(H3,21,22,23,26)/p+1. The number of aromatic amines is 1. The topological polar surface area (TPSA) is 96.5 Å². The number of nitrogens with zero attached hydrogens (tertiary/aromatic N) is 2. The summed E-state index contributed by atoms with van der Waals surface area (Å²) in [7, 11) is 0. The lowest BCUT2D eigenvalue weighted by Gasteiger charge is -2.59. The molecule has 6 rings (SSSR count). The maximum atomic E-state index is 12.6. The number of nitrogens with two attached hydrogens (primary N) is 1. The summed E-state index contributed by atoms with van der Waals surface area (Å²) in [6.07, 6.45) is 8.71. The van der Waals surface area contributed by atoms with Crippen molar-refractivity contribution in [2.45, 2.75) is 49.2 Å². The molecule has 2 heterocycles. The zero-order valence-electron chi connectivity index (χ0n) is 16.3. The highest BCUT2D eigenvalue weighted by Gasteiger charge is 2.56. The van der Waals surface area contributed by atoms with Crippen LogP contribution in [0, 0.1) is 17.8 Å². The van der Waals surface area contributed by atoms with Gasteiger partial charge in [-0.2, -0.15) is 0 Å². The van der Waals surface area contributed by atoms with Crippen molar-refractivity contribution < 1.29 is 9.69 Å². The zero-order valence-corrected chi connectivity index (χ0v) is 17.1. The molecule has 0 spiro atoms. The van der Waals surface area contributed by atoms with E-state index >= 15 is 0 Å². The van der Waals surface area contributed by atoms with E-state index in [4.69, 9.17) is 5.73 Å². The first-order chi connectivity index (χ1) is 13.5. The molecule has 1 aromatic heterocycles. The quantitative estimate of drug-likeness (QED) is 0.490. The lowest BCUT2D eigenvalue weighted by Crippen LogP contribution is -3.23. The maximum Gasteiger partial charge on any atom is 0.253 e. The molecule has 7 nitrogen and oxygen atoms in total. The van der Waals surface area contributed by atoms with Crippen molar-refractivity contribution in [1.29, 1.82) is 0 Å². The van der Waals surface area contributed by atoms with E-state index in [1.54, 1.807) is 4.90 Å². The van der Waals surface area contributed by atoms with E-state index in [1.807, 2.05) is 4.90 Å². The molecule has 0 atom stereocenters. The Hall–Kier alpha value is -1.54. The third kappa shape index (κ3) is 3.45. The van der Waals surface area contributed by atoms with Crippen LogP contribution < -0.4 is 16.2 Å². The molecule has 4 saturated carbocycles. The normalized spacial score (nSPS) is 34.7. The van der Waals surface area contributed by atoms with Gasteiger partial charge in [0.2, 0.25) is 5.91 Å². The van der Waals surface area contributed by atoms with Gasteiger partial charge in [-0.3, -0.25) is 9.59 Å². The molecule has 4 bridgehead atoms. The van der Waals surface area contributed by atoms with Crippen LogP contribution >= 0.6 is 11.8 Å². The molecule has 28 heavy (non-hydrogen) atoms. The Morgan fingerprint density at radius 2 is 1.82 bits per heavy atom. The number of thioether (sulfide) groups is 1. The summed E-state index contributed by atoms with van der Waals surface area (Å²) in [4.78, 5) is 34.6. The van der Waals surface area contributed by atoms with Crippen molar-refractivity contribution in [3.05, 3.63) is 16.4 Å². The predicted molar refractivity (Wildman–Crippen MR) is 108 cm³/mol. The molecule has 1 aromatic rings. The molecule has 1 amide bonds. The van der Waals surface area contributed by atoms with E-state index in [0.717, 1.165) is 43.9 Å². The summed E-state index contributed by atoms with van der Waals surface area (Å²) in [5.41, 5.74) is 5.84. The van der Waals surface area contributed by atoms with Crippen molar-refractivity contribution in [1.82, 2.24) is 14.9 Å². The number of aromatic nitrogens is 2. The van der Waals surface area contributed by atoms with Gasteiger partial charge in [0, 0.05) is 25.3 Å². The van der Waals surface area contributed by atoms with Gasteiger partial charge in [-0.15, -0.1) is 0 Å². The SMILES string of the molecule is Nc1cc(=O)[nH]c(SCC(=O)N2CC[NH+](C34CC5CC(CC(C5)C3)C4)CC2)n1. The Balaban J connectivity index is 1.16. The number of carbonyl (C=O) groups excluding carboxylic acids is 1. The molecular weight excluding hydrogens is 374 g/mol. The molecule has 152 valence electrons. The molecule has 1 saturated heterocycles. The van der Waals surface area contributed by atoms with Crippen molar-refractivity contribution in [3.63, 3.8) is 0 Å². The van der Waals surface area contributed by atoms with Gasteiger partial charge in [-0.25, -0.2) is 4.98 Å². The molecule has 5 fully saturated rings. The number of hydrogen-bond donors (Lipinski definition) is 3. The summed E-state index contributed by atoms with van der Waals surface area (Å²) in [5.74, 6) is 3.53. The number of H-pyrrole nitrogens is 1. The lowest BCUT2D eigenvalue weighted by atomic mass is 9.52. The fourth-order valence-corrected chi connectivity index (χ4v) is 7.63. The van der Waals surface area contributed by atoms with E-state index in [2.05, 4.69) is 9.97 Å². The summed E-state index contributed by atoms with van der Waals surface area (Å²) in [5, 5.41) is 0.413. The molecule has 4 aliphatic carbocycles. The average Bonchev–Trinajstić information content (AvgIpc) is 2.64. The van der Waals surface area contributed by atoms with Gasteiger partial charge >= 0.3 is 0 Å². The fraction of sp³-hybridized carbons (Fsp3) is 0.750. The van der Waals surface area contributed by atoms with Gasteiger partial charge in [0.1, 0.15) is 5.82 Å². The minimum Gasteiger partial charge on any atom is -0.383 e. The molecule has 1 aliphatic heterocycles. The van der Waals surface area contributed by atoms with Crippen LogP contribution in [0.3, 0.4) is 0 Å². The van der Waals surface area contributed by atoms with E-state index in [9.17, 15) is 9.59 Å². The Labute approximate surface area is 169 Å². The van der Waals surface area contributed by atoms with Gasteiger partial charge in [0.05, 0.1) is 37.5 Å². The lowest BCUT2D eigenvalue weighted by molar-refractivity contribution is -0.962. The number of nitrogens with one attached hydrogen (secondary N) is 2. The molecule has 0 aromatic carbocycles. The minimum absolute atomic E-state index is 0.125. The molecule has 5 aliphatic rings. The van der Waals surface area contributed by atoms with E-state index in [-0.39, 0.29) is 17.3 Å². The zero-order chi connectivity index (χ0) is 19.3. The van der Waals surface area contributed by atoms with Crippen LogP contribution in [0.2, 0.25) is 0 Å². The first-order valence-electron chi connectivity index (χ1n) is 10.6. The van der Waals surface area contributed by atoms with Gasteiger partial charge in [-0.05, 0) is 37.0 Å². The highest BCUT2D eigenvalue weighted by atomic mass is 32.2. The van der Waals surface area contributed by atoms with Crippen molar-refractivity contribution in [2.24, 2.45) is 17.8 Å². The van der Waals surface area contributed by atoms with Gasteiger partial charge in [-0.1, -0.05) is 11.8 Å². The second-order valence-corrected chi connectivity index (χ2v) is 10.4. The van der Waals surface area contributed by atoms with E-state index < -0.39 is 0 Å². The second-order valence-electron chi connectivity index (χ2n) is 9.45. The van der Waals surface area contributed by atoms with Crippen molar-refractivity contribution >= 4 is 23.5 Å². The van der Waals surface area contributed by atoms with Crippen molar-refractivity contribution in [3.8, 4) is 0 Å². The summed E-state index contributed by atoms with van der Waals surface area (Å²) in [6, 6.07) is 1.25. The monoisotopic (exact) mass is 404 g/mol. The van der Waals surface area contributed by atoms with E-state index in [0.29, 0.717) is 16.4 Å². The Morgan fingerprint density at radius 1 is 1.21 bits per heavy atom. The third-order valence-electron chi connectivity index (χ3n) is 7.58. The fourth-order valence-electron chi connectivity index (χ4n) is 6.84. The number of anilines is 1. The van der Waals surface area contributed by atoms with Crippen LogP contribution in [0.4, 0.5) is 5.82 Å². The molecule has 4 N–H and O–H groups in total.